The highest BCUT2D eigenvalue weighted by atomic mass is 79.9. The van der Waals surface area contributed by atoms with Gasteiger partial charge in [0, 0.05) is 5.38 Å². The van der Waals surface area contributed by atoms with Crippen LogP contribution in [-0.2, 0) is 0 Å². The van der Waals surface area contributed by atoms with Crippen LogP contribution in [0.4, 0.5) is 5.00 Å². The van der Waals surface area contributed by atoms with E-state index in [-0.39, 0.29) is 5.00 Å². The molecule has 0 fully saturated rings. The maximum absolute atomic E-state index is 10.2. The minimum absolute atomic E-state index is 0.0671. The summed E-state index contributed by atoms with van der Waals surface area (Å²) in [5, 5.41) is 14.0. The van der Waals surface area contributed by atoms with Crippen LogP contribution in [0.5, 0.6) is 0 Å². The number of aryl methyl sites for hydroxylation is 2. The van der Waals surface area contributed by atoms with Crippen LogP contribution in [0.3, 0.4) is 0 Å². The highest BCUT2D eigenvalue weighted by Gasteiger charge is 2.16. The molecule has 0 aliphatic heterocycles. The van der Waals surface area contributed by atoms with Gasteiger partial charge in [-0.1, -0.05) is 0 Å². The predicted molar refractivity (Wildman–Crippen MR) is 75.8 cm³/mol. The average Bonchev–Trinajstić information content (AvgIpc) is 2.73. The number of hydrogen-bond acceptors (Lipinski definition) is 6. The van der Waals surface area contributed by atoms with Gasteiger partial charge in [0.2, 0.25) is 0 Å². The van der Waals surface area contributed by atoms with Crippen molar-refractivity contribution in [1.82, 2.24) is 9.97 Å². The van der Waals surface area contributed by atoms with Crippen LogP contribution in [0.15, 0.2) is 14.6 Å². The summed E-state index contributed by atoms with van der Waals surface area (Å²) in [6.07, 6.45) is 0. The first-order chi connectivity index (χ1) is 7.90. The topological polar surface area (TPSA) is 68.9 Å². The van der Waals surface area contributed by atoms with Gasteiger partial charge in [-0.05, 0) is 57.0 Å². The highest BCUT2D eigenvalue weighted by molar-refractivity contribution is 9.10. The number of halogens is 2. The molecule has 0 bridgehead atoms. The van der Waals surface area contributed by atoms with Crippen LogP contribution < -0.4 is 0 Å². The third kappa shape index (κ3) is 4.78. The monoisotopic (exact) mass is 399 g/mol. The van der Waals surface area contributed by atoms with E-state index < -0.39 is 4.92 Å². The molecule has 92 valence electrons. The van der Waals surface area contributed by atoms with E-state index in [9.17, 15) is 10.1 Å². The Kier molecular flexibility index (Phi) is 5.63. The lowest BCUT2D eigenvalue weighted by Crippen LogP contribution is -1.83. The van der Waals surface area contributed by atoms with Crippen LogP contribution >= 0.6 is 54.5 Å². The molecule has 0 N–H and O–H groups in total. The second-order valence-electron chi connectivity index (χ2n) is 2.78. The van der Waals surface area contributed by atoms with E-state index in [1.807, 2.05) is 12.3 Å². The molecule has 0 saturated carbocycles. The molecule has 0 spiro atoms. The fourth-order valence-electron chi connectivity index (χ4n) is 0.841. The number of rotatable bonds is 1. The van der Waals surface area contributed by atoms with Gasteiger partial charge in [0.1, 0.15) is 4.60 Å². The van der Waals surface area contributed by atoms with Crippen molar-refractivity contribution in [2.75, 3.05) is 0 Å². The fraction of sp³-hybridized carbons (Fsp3) is 0.250. The minimum atomic E-state index is -0.450. The van der Waals surface area contributed by atoms with Crippen molar-refractivity contribution in [2.45, 2.75) is 13.8 Å². The van der Waals surface area contributed by atoms with Gasteiger partial charge >= 0.3 is 5.00 Å². The van der Waals surface area contributed by atoms with Crippen LogP contribution in [-0.4, -0.2) is 14.9 Å². The maximum Gasteiger partial charge on any atom is 0.358 e. The predicted octanol–water partition coefficient (Wildman–Crippen LogP) is 4.34. The van der Waals surface area contributed by atoms with Crippen molar-refractivity contribution < 1.29 is 4.92 Å². The molecule has 17 heavy (non-hydrogen) atoms. The van der Waals surface area contributed by atoms with Crippen molar-refractivity contribution in [3.8, 4) is 0 Å². The zero-order valence-electron chi connectivity index (χ0n) is 8.81. The van der Waals surface area contributed by atoms with Crippen molar-refractivity contribution >= 4 is 59.5 Å². The van der Waals surface area contributed by atoms with E-state index in [1.165, 1.54) is 0 Å². The molecule has 0 amide bonds. The van der Waals surface area contributed by atoms with Gasteiger partial charge in [-0.2, -0.15) is 0 Å². The van der Waals surface area contributed by atoms with Gasteiger partial charge in [0.05, 0.1) is 14.9 Å². The van der Waals surface area contributed by atoms with E-state index in [0.717, 1.165) is 20.9 Å². The maximum atomic E-state index is 10.2. The molecule has 0 saturated heterocycles. The number of nitro groups is 1. The lowest BCUT2D eigenvalue weighted by molar-refractivity contribution is -0.381. The lowest BCUT2D eigenvalue weighted by atomic mass is 10.8. The molecule has 0 aliphatic carbocycles. The molecule has 0 aromatic carbocycles. The van der Waals surface area contributed by atoms with Gasteiger partial charge < -0.3 is 0 Å². The number of nitrogens with zero attached hydrogens (tertiary/aromatic N) is 3. The van der Waals surface area contributed by atoms with Crippen molar-refractivity contribution in [3.63, 3.8) is 0 Å². The Hall–Kier alpha value is -0.380. The van der Waals surface area contributed by atoms with E-state index in [0.29, 0.717) is 9.61 Å². The molecule has 0 unspecified atom stereocenters. The average molecular weight is 401 g/mol. The van der Waals surface area contributed by atoms with Crippen LogP contribution in [0.25, 0.3) is 0 Å². The third-order valence-electron chi connectivity index (χ3n) is 1.43. The normalized spacial score (nSPS) is 9.65. The first kappa shape index (κ1) is 14.7. The fourth-order valence-corrected chi connectivity index (χ4v) is 3.37. The molecule has 2 aromatic rings. The van der Waals surface area contributed by atoms with Crippen molar-refractivity contribution in [3.05, 3.63) is 34.7 Å². The molecule has 9 heteroatoms. The standard InChI is InChI=1S/C4H3BrN2O2S.C4H4BrNS/c1-2-6-3(5)4(10-2)7(8)9;1-3-6-4(5)2-7-3/h1H3;2H,1H3. The molecule has 0 atom stereocenters. The summed E-state index contributed by atoms with van der Waals surface area (Å²) < 4.78 is 1.26. The van der Waals surface area contributed by atoms with E-state index >= 15 is 0 Å². The molecule has 0 aliphatic rings. The van der Waals surface area contributed by atoms with Gasteiger partial charge in [-0.25, -0.2) is 9.97 Å². The Labute approximate surface area is 122 Å². The van der Waals surface area contributed by atoms with Crippen molar-refractivity contribution in [2.24, 2.45) is 0 Å². The summed E-state index contributed by atoms with van der Waals surface area (Å²) in [4.78, 5) is 17.6. The van der Waals surface area contributed by atoms with Crippen LogP contribution in [0, 0.1) is 24.0 Å². The molecule has 0 radical (unpaired) electrons. The SMILES string of the molecule is Cc1nc(Br)c([N+](=O)[O-])s1.Cc1nc(Br)cs1. The zero-order chi connectivity index (χ0) is 13.0. The largest absolute Gasteiger partial charge is 0.358 e. The Morgan fingerprint density at radius 1 is 1.29 bits per heavy atom. The van der Waals surface area contributed by atoms with Gasteiger partial charge in [0.25, 0.3) is 0 Å². The Morgan fingerprint density at radius 2 is 1.94 bits per heavy atom. The quantitative estimate of drug-likeness (QED) is 0.527. The van der Waals surface area contributed by atoms with Crippen LogP contribution in [0.2, 0.25) is 0 Å². The Morgan fingerprint density at radius 3 is 2.12 bits per heavy atom. The molecule has 2 aromatic heterocycles. The number of hydrogen-bond donors (Lipinski definition) is 0. The molecule has 2 rings (SSSR count). The zero-order valence-corrected chi connectivity index (χ0v) is 13.6. The molecular weight excluding hydrogens is 394 g/mol. The second kappa shape index (κ2) is 6.53. The van der Waals surface area contributed by atoms with Gasteiger partial charge in [-0.15, -0.1) is 11.3 Å². The third-order valence-corrected chi connectivity index (χ3v) is 4.65. The number of thiazole rings is 2. The second-order valence-corrected chi connectivity index (χ2v) is 6.58. The van der Waals surface area contributed by atoms with E-state index in [2.05, 4.69) is 41.8 Å². The summed E-state index contributed by atoms with van der Waals surface area (Å²) >= 11 is 8.92. The first-order valence-electron chi connectivity index (χ1n) is 4.25. The summed E-state index contributed by atoms with van der Waals surface area (Å²) in [6, 6.07) is 0. The number of aromatic nitrogens is 2. The summed E-state index contributed by atoms with van der Waals surface area (Å²) in [5.74, 6) is 0. The minimum Gasteiger partial charge on any atom is -0.257 e. The Balaban J connectivity index is 0.000000181. The van der Waals surface area contributed by atoms with Crippen LogP contribution in [0.1, 0.15) is 10.0 Å². The molecule has 2 heterocycles. The van der Waals surface area contributed by atoms with Crippen molar-refractivity contribution in [1.29, 1.82) is 0 Å². The summed E-state index contributed by atoms with van der Waals surface area (Å²) in [7, 11) is 0. The summed E-state index contributed by atoms with van der Waals surface area (Å²) in [5.41, 5.74) is 0. The molecular formula is C8H7Br2N3O2S2. The van der Waals surface area contributed by atoms with E-state index in [4.69, 9.17) is 0 Å². The Bertz CT molecular complexity index is 510. The highest BCUT2D eigenvalue weighted by Crippen LogP contribution is 2.30. The molecule has 5 nitrogen and oxygen atoms in total. The first-order valence-corrected chi connectivity index (χ1v) is 7.53. The van der Waals surface area contributed by atoms with Gasteiger partial charge in [-0.3, -0.25) is 10.1 Å². The lowest BCUT2D eigenvalue weighted by Gasteiger charge is -1.80. The summed E-state index contributed by atoms with van der Waals surface area (Å²) in [6.45, 7) is 3.71. The van der Waals surface area contributed by atoms with E-state index in [1.54, 1.807) is 18.3 Å². The smallest absolute Gasteiger partial charge is 0.257 e. The van der Waals surface area contributed by atoms with Gasteiger partial charge in [0.15, 0.2) is 4.60 Å².